The number of carboxylic acids is 1. The van der Waals surface area contributed by atoms with E-state index in [-0.39, 0.29) is 25.0 Å². The molecule has 2 aliphatic heterocycles. The molecule has 3 aromatic rings. The third-order valence-electron chi connectivity index (χ3n) is 7.25. The number of rotatable bonds is 9. The molecule has 0 radical (unpaired) electrons. The highest BCUT2D eigenvalue weighted by Crippen LogP contribution is 2.38. The molecule has 2 saturated heterocycles. The zero-order valence-electron chi connectivity index (χ0n) is 20.6. The summed E-state index contributed by atoms with van der Waals surface area (Å²) in [5.41, 5.74) is 1.13. The van der Waals surface area contributed by atoms with Crippen LogP contribution in [-0.4, -0.2) is 59.0 Å². The summed E-state index contributed by atoms with van der Waals surface area (Å²) in [6, 6.07) is 13.1. The average Bonchev–Trinajstić information content (AvgIpc) is 3.35. The summed E-state index contributed by atoms with van der Waals surface area (Å²) in [7, 11) is 0. The summed E-state index contributed by atoms with van der Waals surface area (Å²) >= 11 is 0. The number of nitrogens with zero attached hydrogens (tertiary/aromatic N) is 3. The van der Waals surface area contributed by atoms with Gasteiger partial charge in [-0.1, -0.05) is 47.6 Å². The van der Waals surface area contributed by atoms with Crippen LogP contribution in [0.4, 0.5) is 13.2 Å². The molecule has 0 atom stereocenters. The van der Waals surface area contributed by atoms with E-state index in [0.717, 1.165) is 17.2 Å². The second-order valence-electron chi connectivity index (χ2n) is 9.90. The van der Waals surface area contributed by atoms with E-state index in [4.69, 9.17) is 19.1 Å². The Hall–Kier alpha value is -3.28. The molecule has 1 N–H and O–H groups in total. The van der Waals surface area contributed by atoms with Gasteiger partial charge in [-0.25, -0.2) is 0 Å². The molecule has 2 aromatic carbocycles. The summed E-state index contributed by atoms with van der Waals surface area (Å²) in [6.45, 7) is 2.89. The zero-order chi connectivity index (χ0) is 26.8. The van der Waals surface area contributed by atoms with Crippen LogP contribution in [0.3, 0.4) is 0 Å². The predicted octanol–water partition coefficient (Wildman–Crippen LogP) is 4.54. The molecule has 8 nitrogen and oxygen atoms in total. The number of aromatic nitrogens is 2. The smallest absolute Gasteiger partial charge is 0.416 e. The number of ether oxygens (including phenoxy) is 2. The average molecular weight is 532 g/mol. The van der Waals surface area contributed by atoms with Gasteiger partial charge in [0.1, 0.15) is 6.61 Å². The maximum absolute atomic E-state index is 13.3. The van der Waals surface area contributed by atoms with E-state index < -0.39 is 23.1 Å². The van der Waals surface area contributed by atoms with Crippen LogP contribution in [-0.2, 0) is 39.0 Å². The van der Waals surface area contributed by atoms with Crippen molar-refractivity contribution in [3.8, 4) is 11.4 Å². The lowest BCUT2D eigenvalue weighted by molar-refractivity contribution is -0.147. The Morgan fingerprint density at radius 3 is 2.55 bits per heavy atom. The van der Waals surface area contributed by atoms with Crippen LogP contribution in [0.25, 0.3) is 11.4 Å². The number of aliphatic carboxylic acids is 1. The van der Waals surface area contributed by atoms with Crippen molar-refractivity contribution in [1.29, 1.82) is 0 Å². The second kappa shape index (κ2) is 10.8. The molecular formula is C27H28F3N3O5. The van der Waals surface area contributed by atoms with Gasteiger partial charge in [0, 0.05) is 43.8 Å². The minimum atomic E-state index is -4.42. The lowest BCUT2D eigenvalue weighted by atomic mass is 9.74. The summed E-state index contributed by atoms with van der Waals surface area (Å²) in [5.74, 6) is -0.369. The van der Waals surface area contributed by atoms with Gasteiger partial charge in [-0.05, 0) is 30.0 Å². The highest BCUT2D eigenvalue weighted by atomic mass is 19.4. The van der Waals surface area contributed by atoms with Gasteiger partial charge in [0.15, 0.2) is 0 Å². The Morgan fingerprint density at radius 2 is 1.87 bits per heavy atom. The molecule has 0 saturated carbocycles. The molecule has 0 spiro atoms. The molecule has 0 aliphatic carbocycles. The fourth-order valence-corrected chi connectivity index (χ4v) is 4.94. The van der Waals surface area contributed by atoms with E-state index in [1.807, 2.05) is 24.3 Å². The molecule has 0 amide bonds. The second-order valence-corrected chi connectivity index (χ2v) is 9.90. The van der Waals surface area contributed by atoms with E-state index in [0.29, 0.717) is 57.1 Å². The van der Waals surface area contributed by atoms with Gasteiger partial charge in [-0.15, -0.1) is 0 Å². The van der Waals surface area contributed by atoms with Crippen molar-refractivity contribution >= 4 is 5.97 Å². The fraction of sp³-hybridized carbons (Fsp3) is 0.444. The molecule has 202 valence electrons. The number of halogens is 3. The molecule has 0 bridgehead atoms. The van der Waals surface area contributed by atoms with Gasteiger partial charge < -0.3 is 19.1 Å². The Morgan fingerprint density at radius 1 is 1.13 bits per heavy atom. The fourth-order valence-electron chi connectivity index (χ4n) is 4.94. The van der Waals surface area contributed by atoms with Crippen molar-refractivity contribution in [3.05, 3.63) is 71.1 Å². The molecule has 1 aromatic heterocycles. The van der Waals surface area contributed by atoms with Gasteiger partial charge >= 0.3 is 12.1 Å². The normalized spacial score (nSPS) is 18.3. The van der Waals surface area contributed by atoms with Crippen molar-refractivity contribution in [2.75, 3.05) is 32.9 Å². The van der Waals surface area contributed by atoms with Crippen molar-refractivity contribution < 1.29 is 37.1 Å². The van der Waals surface area contributed by atoms with Gasteiger partial charge in [0.05, 0.1) is 18.1 Å². The zero-order valence-corrected chi connectivity index (χ0v) is 20.6. The van der Waals surface area contributed by atoms with Crippen LogP contribution in [0.5, 0.6) is 0 Å². The largest absolute Gasteiger partial charge is 0.481 e. The highest BCUT2D eigenvalue weighted by molar-refractivity contribution is 5.71. The maximum atomic E-state index is 13.3. The lowest BCUT2D eigenvalue weighted by Crippen LogP contribution is -2.49. The van der Waals surface area contributed by atoms with Crippen molar-refractivity contribution in [3.63, 3.8) is 0 Å². The molecule has 2 aliphatic rings. The van der Waals surface area contributed by atoms with E-state index in [9.17, 15) is 18.0 Å². The van der Waals surface area contributed by atoms with Crippen LogP contribution in [0, 0.1) is 5.92 Å². The van der Waals surface area contributed by atoms with Crippen LogP contribution < -0.4 is 0 Å². The Bertz CT molecular complexity index is 1250. The number of hydrogen-bond donors (Lipinski definition) is 1. The lowest BCUT2D eigenvalue weighted by Gasteiger charge is -2.37. The monoisotopic (exact) mass is 531 g/mol. The molecule has 11 heteroatoms. The van der Waals surface area contributed by atoms with Gasteiger partial charge in [0.2, 0.25) is 5.82 Å². The van der Waals surface area contributed by atoms with Crippen LogP contribution >= 0.6 is 0 Å². The minimum Gasteiger partial charge on any atom is -0.481 e. The van der Waals surface area contributed by atoms with Gasteiger partial charge in [-0.3, -0.25) is 9.69 Å². The Labute approximate surface area is 217 Å². The van der Waals surface area contributed by atoms with Crippen molar-refractivity contribution in [2.24, 2.45) is 5.92 Å². The third-order valence-corrected chi connectivity index (χ3v) is 7.25. The predicted molar refractivity (Wildman–Crippen MR) is 129 cm³/mol. The molecular weight excluding hydrogens is 503 g/mol. The number of alkyl halides is 3. The number of carbonyl (C=O) groups is 1. The summed E-state index contributed by atoms with van der Waals surface area (Å²) < 4.78 is 56.7. The van der Waals surface area contributed by atoms with E-state index in [1.54, 1.807) is 6.07 Å². The quantitative estimate of drug-likeness (QED) is 0.430. The topological polar surface area (TPSA) is 97.9 Å². The number of carboxylic acid groups (broad SMARTS) is 1. The summed E-state index contributed by atoms with van der Waals surface area (Å²) in [5, 5.41) is 13.0. The SMILES string of the molecule is O=C(O)C1CN(Cc2ccc(-c3noc(COCC4(c5cccc(C(F)(F)F)c5)CCOCC4)n3)cc2)C1. The molecule has 38 heavy (non-hydrogen) atoms. The van der Waals surface area contributed by atoms with Crippen LogP contribution in [0.2, 0.25) is 0 Å². The maximum Gasteiger partial charge on any atom is 0.416 e. The van der Waals surface area contributed by atoms with Crippen molar-refractivity contribution in [2.45, 2.75) is 37.6 Å². The van der Waals surface area contributed by atoms with E-state index in [1.165, 1.54) is 12.1 Å². The number of hydrogen-bond acceptors (Lipinski definition) is 7. The van der Waals surface area contributed by atoms with Gasteiger partial charge in [-0.2, -0.15) is 18.2 Å². The number of likely N-dealkylation sites (tertiary alicyclic amines) is 1. The first-order chi connectivity index (χ1) is 18.2. The van der Waals surface area contributed by atoms with Gasteiger partial charge in [0.25, 0.3) is 5.89 Å². The first-order valence-corrected chi connectivity index (χ1v) is 12.4. The summed E-state index contributed by atoms with van der Waals surface area (Å²) in [6.07, 6.45) is -3.33. The highest BCUT2D eigenvalue weighted by Gasteiger charge is 2.38. The van der Waals surface area contributed by atoms with Crippen molar-refractivity contribution in [1.82, 2.24) is 15.0 Å². The first-order valence-electron chi connectivity index (χ1n) is 12.4. The van der Waals surface area contributed by atoms with E-state index >= 15 is 0 Å². The minimum absolute atomic E-state index is 0.0341. The molecule has 5 rings (SSSR count). The third kappa shape index (κ3) is 5.90. The molecule has 2 fully saturated rings. The van der Waals surface area contributed by atoms with Crippen LogP contribution in [0.15, 0.2) is 53.1 Å². The van der Waals surface area contributed by atoms with Crippen LogP contribution in [0.1, 0.15) is 35.4 Å². The standard InChI is InChI=1S/C27H28F3N3O5/c28-27(29,30)22-3-1-2-21(12-22)26(8-10-36-11-9-26)17-37-16-23-31-24(32-38-23)19-6-4-18(5-7-19)13-33-14-20(15-33)25(34)35/h1-7,12,20H,8-11,13-17H2,(H,34,35). The Balaban J connectivity index is 1.19. The summed E-state index contributed by atoms with van der Waals surface area (Å²) in [4.78, 5) is 17.4. The molecule has 3 heterocycles. The number of benzene rings is 2. The molecule has 0 unspecified atom stereocenters. The van der Waals surface area contributed by atoms with E-state index in [2.05, 4.69) is 15.0 Å². The Kier molecular flexibility index (Phi) is 7.51. The first kappa shape index (κ1) is 26.3.